The lowest BCUT2D eigenvalue weighted by Crippen LogP contribution is -2.29. The Bertz CT molecular complexity index is 559. The first-order valence-electron chi connectivity index (χ1n) is 5.41. The van der Waals surface area contributed by atoms with Gasteiger partial charge in [0.05, 0.1) is 0 Å². The number of benzene rings is 2. The Balaban J connectivity index is 2.28. The topological polar surface area (TPSA) is 72.2 Å². The van der Waals surface area contributed by atoms with Crippen molar-refractivity contribution >= 4 is 12.2 Å². The second-order valence-electron chi connectivity index (χ2n) is 3.79. The van der Waals surface area contributed by atoms with E-state index in [1.54, 1.807) is 24.3 Å². The molecule has 0 aliphatic heterocycles. The van der Waals surface area contributed by atoms with E-state index in [9.17, 15) is 9.59 Å². The van der Waals surface area contributed by atoms with Crippen molar-refractivity contribution in [3.63, 3.8) is 0 Å². The maximum atomic E-state index is 11.3. The fraction of sp³-hybridized carbons (Fsp3) is 0. The van der Waals surface area contributed by atoms with Gasteiger partial charge < -0.3 is 0 Å². The molecule has 4 heteroatoms. The summed E-state index contributed by atoms with van der Waals surface area (Å²) in [5.41, 5.74) is 5.18. The minimum absolute atomic E-state index is 0.321. The molecule has 0 aliphatic carbocycles. The molecule has 0 heterocycles. The Morgan fingerprint density at radius 3 is 1.89 bits per heavy atom. The lowest BCUT2D eigenvalue weighted by Gasteiger charge is -2.04. The molecular weight excluding hydrogens is 228 g/mol. The highest BCUT2D eigenvalue weighted by Gasteiger charge is 2.03. The van der Waals surface area contributed by atoms with Crippen molar-refractivity contribution in [2.24, 2.45) is 5.84 Å². The number of rotatable bonds is 3. The van der Waals surface area contributed by atoms with E-state index < -0.39 is 0 Å². The molecule has 4 nitrogen and oxygen atoms in total. The van der Waals surface area contributed by atoms with Gasteiger partial charge in [-0.2, -0.15) is 0 Å². The molecule has 0 spiro atoms. The first-order valence-corrected chi connectivity index (χ1v) is 5.41. The monoisotopic (exact) mass is 240 g/mol. The molecule has 0 aliphatic rings. The number of hydrogen-bond donors (Lipinski definition) is 2. The van der Waals surface area contributed by atoms with Crippen LogP contribution >= 0.6 is 0 Å². The summed E-state index contributed by atoms with van der Waals surface area (Å²) in [6.45, 7) is 0. The fourth-order valence-electron chi connectivity index (χ4n) is 1.65. The maximum Gasteiger partial charge on any atom is 0.265 e. The van der Waals surface area contributed by atoms with Crippen molar-refractivity contribution in [3.05, 3.63) is 59.7 Å². The zero-order valence-corrected chi connectivity index (χ0v) is 9.59. The molecule has 3 N–H and O–H groups in total. The van der Waals surface area contributed by atoms with Crippen LogP contribution in [0.2, 0.25) is 0 Å². The number of nitrogen functional groups attached to an aromatic ring is 1. The van der Waals surface area contributed by atoms with Gasteiger partial charge in [0.1, 0.15) is 6.29 Å². The van der Waals surface area contributed by atoms with Crippen LogP contribution in [-0.2, 0) is 0 Å². The predicted octanol–water partition coefficient (Wildman–Crippen LogP) is 1.77. The molecule has 2 aromatic carbocycles. The molecule has 0 bridgehead atoms. The van der Waals surface area contributed by atoms with E-state index in [1.807, 2.05) is 24.3 Å². The highest BCUT2D eigenvalue weighted by Crippen LogP contribution is 2.20. The van der Waals surface area contributed by atoms with Crippen LogP contribution in [0, 0.1) is 0 Å². The third-order valence-electron chi connectivity index (χ3n) is 2.66. The summed E-state index contributed by atoms with van der Waals surface area (Å²) in [5, 5.41) is 0. The minimum atomic E-state index is -0.321. The summed E-state index contributed by atoms with van der Waals surface area (Å²) in [7, 11) is 0. The van der Waals surface area contributed by atoms with Gasteiger partial charge in [-0.1, -0.05) is 36.4 Å². The van der Waals surface area contributed by atoms with Gasteiger partial charge in [0.25, 0.3) is 5.91 Å². The van der Waals surface area contributed by atoms with E-state index in [-0.39, 0.29) is 5.91 Å². The summed E-state index contributed by atoms with van der Waals surface area (Å²) in [6, 6.07) is 14.3. The minimum Gasteiger partial charge on any atom is -0.298 e. The van der Waals surface area contributed by atoms with E-state index in [1.165, 1.54) is 0 Å². The van der Waals surface area contributed by atoms with Gasteiger partial charge in [0.2, 0.25) is 0 Å². The van der Waals surface area contributed by atoms with Gasteiger partial charge in [0.15, 0.2) is 0 Å². The van der Waals surface area contributed by atoms with E-state index in [0.29, 0.717) is 11.1 Å². The smallest absolute Gasteiger partial charge is 0.265 e. The van der Waals surface area contributed by atoms with Gasteiger partial charge >= 0.3 is 0 Å². The SMILES string of the molecule is NNC(=O)c1ccc(-c2ccc(C=O)cc2)cc1. The molecule has 0 saturated carbocycles. The number of carbonyl (C=O) groups is 2. The Hall–Kier alpha value is -2.46. The molecule has 90 valence electrons. The van der Waals surface area contributed by atoms with Crippen LogP contribution in [0.3, 0.4) is 0 Å². The van der Waals surface area contributed by atoms with Crippen molar-refractivity contribution in [1.82, 2.24) is 5.43 Å². The zero-order valence-electron chi connectivity index (χ0n) is 9.59. The number of amides is 1. The summed E-state index contributed by atoms with van der Waals surface area (Å²) in [5.74, 6) is 4.73. The zero-order chi connectivity index (χ0) is 13.0. The van der Waals surface area contributed by atoms with Crippen LogP contribution in [0.25, 0.3) is 11.1 Å². The predicted molar refractivity (Wildman–Crippen MR) is 68.9 cm³/mol. The van der Waals surface area contributed by atoms with E-state index >= 15 is 0 Å². The molecule has 0 atom stereocenters. The normalized spacial score (nSPS) is 9.83. The standard InChI is InChI=1S/C14H12N2O2/c15-16-14(18)13-7-5-12(6-8-13)11-3-1-10(9-17)2-4-11/h1-9H,15H2,(H,16,18). The molecule has 0 aromatic heterocycles. The first kappa shape index (κ1) is 12.0. The van der Waals surface area contributed by atoms with Crippen LogP contribution in [0.1, 0.15) is 20.7 Å². The van der Waals surface area contributed by atoms with Gasteiger partial charge in [-0.15, -0.1) is 0 Å². The molecule has 1 amide bonds. The van der Waals surface area contributed by atoms with E-state index in [2.05, 4.69) is 5.43 Å². The molecule has 18 heavy (non-hydrogen) atoms. The summed E-state index contributed by atoms with van der Waals surface area (Å²) in [4.78, 5) is 21.8. The Morgan fingerprint density at radius 2 is 1.44 bits per heavy atom. The molecule has 0 saturated heterocycles. The van der Waals surface area contributed by atoms with Crippen molar-refractivity contribution in [2.75, 3.05) is 0 Å². The average molecular weight is 240 g/mol. The highest BCUT2D eigenvalue weighted by molar-refractivity contribution is 5.94. The van der Waals surface area contributed by atoms with Crippen LogP contribution < -0.4 is 11.3 Å². The van der Waals surface area contributed by atoms with E-state index in [4.69, 9.17) is 5.84 Å². The third kappa shape index (κ3) is 2.44. The lowest BCUT2D eigenvalue weighted by molar-refractivity contribution is 0.0953. The van der Waals surface area contributed by atoms with Gasteiger partial charge in [-0.05, 0) is 23.3 Å². The molecule has 2 aromatic rings. The number of hydrogen-bond acceptors (Lipinski definition) is 3. The average Bonchev–Trinajstić information content (AvgIpc) is 2.47. The van der Waals surface area contributed by atoms with Crippen LogP contribution in [0.5, 0.6) is 0 Å². The van der Waals surface area contributed by atoms with Gasteiger partial charge in [0, 0.05) is 11.1 Å². The third-order valence-corrected chi connectivity index (χ3v) is 2.66. The second-order valence-corrected chi connectivity index (χ2v) is 3.79. The molecule has 0 fully saturated rings. The first-order chi connectivity index (χ1) is 8.74. The Morgan fingerprint density at radius 1 is 0.944 bits per heavy atom. The van der Waals surface area contributed by atoms with Gasteiger partial charge in [-0.3, -0.25) is 15.0 Å². The highest BCUT2D eigenvalue weighted by atomic mass is 16.2. The number of nitrogens with two attached hydrogens (primary N) is 1. The summed E-state index contributed by atoms with van der Waals surface area (Å²) >= 11 is 0. The largest absolute Gasteiger partial charge is 0.298 e. The number of hydrazine groups is 1. The molecule has 0 radical (unpaired) electrons. The summed E-state index contributed by atoms with van der Waals surface area (Å²) in [6.07, 6.45) is 0.804. The fourth-order valence-corrected chi connectivity index (χ4v) is 1.65. The lowest BCUT2D eigenvalue weighted by atomic mass is 10.0. The van der Waals surface area contributed by atoms with Gasteiger partial charge in [-0.25, -0.2) is 5.84 Å². The molecular formula is C14H12N2O2. The second kappa shape index (κ2) is 5.25. The van der Waals surface area contributed by atoms with Crippen molar-refractivity contribution in [1.29, 1.82) is 0 Å². The Labute approximate surface area is 104 Å². The number of aldehydes is 1. The quantitative estimate of drug-likeness (QED) is 0.371. The van der Waals surface area contributed by atoms with Crippen molar-refractivity contribution in [2.45, 2.75) is 0 Å². The Kier molecular flexibility index (Phi) is 3.50. The number of nitrogens with one attached hydrogen (secondary N) is 1. The van der Waals surface area contributed by atoms with Crippen LogP contribution in [0.15, 0.2) is 48.5 Å². The molecule has 0 unspecified atom stereocenters. The summed E-state index contributed by atoms with van der Waals surface area (Å²) < 4.78 is 0. The molecule has 2 rings (SSSR count). The number of carbonyl (C=O) groups excluding carboxylic acids is 2. The van der Waals surface area contributed by atoms with Crippen molar-refractivity contribution in [3.8, 4) is 11.1 Å². The van der Waals surface area contributed by atoms with Crippen molar-refractivity contribution < 1.29 is 9.59 Å². The van der Waals surface area contributed by atoms with E-state index in [0.717, 1.165) is 17.4 Å². The van der Waals surface area contributed by atoms with Crippen LogP contribution in [0.4, 0.5) is 0 Å². The van der Waals surface area contributed by atoms with Crippen LogP contribution in [-0.4, -0.2) is 12.2 Å². The maximum absolute atomic E-state index is 11.3.